The molecule has 1 N–H and O–H groups in total. The third kappa shape index (κ3) is 3.91. The molecule has 142 valence electrons. The summed E-state index contributed by atoms with van der Waals surface area (Å²) >= 11 is 0. The number of nitrogens with zero attached hydrogens (tertiary/aromatic N) is 3. The van der Waals surface area contributed by atoms with Crippen molar-refractivity contribution in [1.82, 2.24) is 19.5 Å². The molecule has 0 amide bonds. The van der Waals surface area contributed by atoms with Crippen molar-refractivity contribution in [2.24, 2.45) is 0 Å². The largest absolute Gasteiger partial charge is 0.494 e. The highest BCUT2D eigenvalue weighted by Gasteiger charge is 2.25. The number of hydrogen-bond donors (Lipinski definition) is 1. The zero-order valence-electron chi connectivity index (χ0n) is 15.5. The zero-order chi connectivity index (χ0) is 18.7. The van der Waals surface area contributed by atoms with Crippen molar-refractivity contribution >= 4 is 10.0 Å². The van der Waals surface area contributed by atoms with Crippen LogP contribution in [-0.4, -0.2) is 29.8 Å². The number of nitrogens with one attached hydrogen (secondary N) is 1. The Labute approximate surface area is 154 Å². The van der Waals surface area contributed by atoms with Crippen molar-refractivity contribution in [2.45, 2.75) is 63.9 Å². The predicted octanol–water partition coefficient (Wildman–Crippen LogP) is 2.75. The zero-order valence-corrected chi connectivity index (χ0v) is 16.3. The monoisotopic (exact) mass is 378 g/mol. The molecule has 1 atom stereocenters. The van der Waals surface area contributed by atoms with E-state index in [9.17, 15) is 8.42 Å². The fraction of sp³-hybridized carbons (Fsp3) is 0.556. The van der Waals surface area contributed by atoms with Crippen LogP contribution in [0.2, 0.25) is 0 Å². The second kappa shape index (κ2) is 7.75. The molecule has 1 aliphatic rings. The minimum atomic E-state index is -3.67. The molecule has 0 spiro atoms. The lowest BCUT2D eigenvalue weighted by atomic mass is 10.2. The first kappa shape index (κ1) is 18.8. The van der Waals surface area contributed by atoms with Gasteiger partial charge < -0.3 is 9.30 Å². The van der Waals surface area contributed by atoms with Gasteiger partial charge in [0.2, 0.25) is 10.0 Å². The summed E-state index contributed by atoms with van der Waals surface area (Å²) in [5.74, 6) is 2.29. The van der Waals surface area contributed by atoms with Crippen LogP contribution < -0.4 is 9.46 Å². The van der Waals surface area contributed by atoms with Crippen LogP contribution in [0.25, 0.3) is 0 Å². The molecule has 1 aromatic carbocycles. The molecule has 2 aromatic rings. The number of ether oxygens (including phenoxy) is 1. The molecule has 26 heavy (non-hydrogen) atoms. The Kier molecular flexibility index (Phi) is 5.62. The van der Waals surface area contributed by atoms with Crippen LogP contribution in [0.5, 0.6) is 5.75 Å². The maximum atomic E-state index is 12.9. The molecular weight excluding hydrogens is 352 g/mol. The van der Waals surface area contributed by atoms with Crippen molar-refractivity contribution in [1.29, 1.82) is 0 Å². The van der Waals surface area contributed by atoms with Crippen LogP contribution >= 0.6 is 0 Å². The van der Waals surface area contributed by atoms with Gasteiger partial charge in [0, 0.05) is 13.0 Å². The molecule has 0 fully saturated rings. The number of fused-ring (bicyclic) bond motifs is 1. The lowest BCUT2D eigenvalue weighted by Crippen LogP contribution is -2.29. The van der Waals surface area contributed by atoms with Gasteiger partial charge in [-0.3, -0.25) is 0 Å². The van der Waals surface area contributed by atoms with Gasteiger partial charge in [0.1, 0.15) is 11.6 Å². The molecule has 2 heterocycles. The van der Waals surface area contributed by atoms with E-state index in [0.717, 1.165) is 38.1 Å². The summed E-state index contributed by atoms with van der Waals surface area (Å²) in [5, 5.41) is 8.50. The standard InChI is InChI=1S/C18H26N4O3S/c1-4-25-15-9-10-16(13(2)12-15)26(23,24)21-14(3)18-20-19-17-8-6-5-7-11-22(17)18/h9-10,12,14,21H,4-8,11H2,1-3H3/t14-/m1/s1. The highest BCUT2D eigenvalue weighted by Crippen LogP contribution is 2.24. The van der Waals surface area contributed by atoms with Crippen molar-refractivity contribution in [3.8, 4) is 5.75 Å². The first-order valence-electron chi connectivity index (χ1n) is 9.10. The first-order valence-corrected chi connectivity index (χ1v) is 10.6. The number of aromatic nitrogens is 3. The van der Waals surface area contributed by atoms with Gasteiger partial charge in [-0.05, 0) is 57.4 Å². The minimum absolute atomic E-state index is 0.253. The summed E-state index contributed by atoms with van der Waals surface area (Å²) in [7, 11) is -3.67. The maximum absolute atomic E-state index is 12.9. The predicted molar refractivity (Wildman–Crippen MR) is 98.7 cm³/mol. The summed E-state index contributed by atoms with van der Waals surface area (Å²) in [6.07, 6.45) is 4.22. The fourth-order valence-corrected chi connectivity index (χ4v) is 4.78. The van der Waals surface area contributed by atoms with Crippen LogP contribution in [0.15, 0.2) is 23.1 Å². The van der Waals surface area contributed by atoms with Crippen molar-refractivity contribution in [2.75, 3.05) is 6.61 Å². The molecule has 0 saturated carbocycles. The lowest BCUT2D eigenvalue weighted by Gasteiger charge is -2.17. The Hall–Kier alpha value is -1.93. The van der Waals surface area contributed by atoms with E-state index < -0.39 is 16.1 Å². The molecule has 1 aliphatic heterocycles. The van der Waals surface area contributed by atoms with Gasteiger partial charge >= 0.3 is 0 Å². The highest BCUT2D eigenvalue weighted by molar-refractivity contribution is 7.89. The Morgan fingerprint density at radius 2 is 2.08 bits per heavy atom. The van der Waals surface area contributed by atoms with E-state index in [1.54, 1.807) is 25.1 Å². The smallest absolute Gasteiger partial charge is 0.241 e. The average molecular weight is 378 g/mol. The van der Waals surface area contributed by atoms with Crippen LogP contribution in [0, 0.1) is 6.92 Å². The van der Waals surface area contributed by atoms with E-state index in [2.05, 4.69) is 19.5 Å². The molecule has 7 nitrogen and oxygen atoms in total. The fourth-order valence-electron chi connectivity index (χ4n) is 3.36. The molecule has 3 rings (SSSR count). The highest BCUT2D eigenvalue weighted by atomic mass is 32.2. The van der Waals surface area contributed by atoms with Gasteiger partial charge in [-0.1, -0.05) is 6.42 Å². The Bertz CT molecular complexity index is 877. The molecular formula is C18H26N4O3S. The van der Waals surface area contributed by atoms with E-state index in [-0.39, 0.29) is 4.90 Å². The third-order valence-corrected chi connectivity index (χ3v) is 6.31. The van der Waals surface area contributed by atoms with E-state index in [0.29, 0.717) is 23.7 Å². The van der Waals surface area contributed by atoms with Crippen molar-refractivity contribution < 1.29 is 13.2 Å². The first-order chi connectivity index (χ1) is 12.4. The maximum Gasteiger partial charge on any atom is 0.241 e. The van der Waals surface area contributed by atoms with E-state index in [1.165, 1.54) is 0 Å². The average Bonchev–Trinajstić information content (AvgIpc) is 2.84. The quantitative estimate of drug-likeness (QED) is 0.835. The third-order valence-electron chi connectivity index (χ3n) is 4.60. The van der Waals surface area contributed by atoms with Crippen molar-refractivity contribution in [3.63, 3.8) is 0 Å². The van der Waals surface area contributed by atoms with Gasteiger partial charge in [-0.2, -0.15) is 0 Å². The number of rotatable bonds is 6. The summed E-state index contributed by atoms with van der Waals surface area (Å²) in [5.41, 5.74) is 0.649. The van der Waals surface area contributed by atoms with Gasteiger partial charge in [0.25, 0.3) is 0 Å². The Morgan fingerprint density at radius 3 is 2.81 bits per heavy atom. The van der Waals surface area contributed by atoms with Crippen LogP contribution in [0.1, 0.15) is 56.4 Å². The molecule has 0 radical (unpaired) electrons. The van der Waals surface area contributed by atoms with Crippen LogP contribution in [0.3, 0.4) is 0 Å². The molecule has 0 unspecified atom stereocenters. The summed E-state index contributed by atoms with van der Waals surface area (Å²) in [6, 6.07) is 4.55. The van der Waals surface area contributed by atoms with Crippen LogP contribution in [0.4, 0.5) is 0 Å². The second-order valence-electron chi connectivity index (χ2n) is 6.64. The van der Waals surface area contributed by atoms with Crippen molar-refractivity contribution in [3.05, 3.63) is 35.4 Å². The normalized spacial score (nSPS) is 16.0. The lowest BCUT2D eigenvalue weighted by molar-refractivity contribution is 0.339. The Morgan fingerprint density at radius 1 is 1.27 bits per heavy atom. The number of benzene rings is 1. The SMILES string of the molecule is CCOc1ccc(S(=O)(=O)N[C@H](C)c2nnc3n2CCCCC3)c(C)c1. The molecule has 0 bridgehead atoms. The molecule has 0 aliphatic carbocycles. The summed E-state index contributed by atoms with van der Waals surface area (Å²) in [6.45, 7) is 6.85. The number of hydrogen-bond acceptors (Lipinski definition) is 5. The molecule has 0 saturated heterocycles. The molecule has 1 aromatic heterocycles. The van der Waals surface area contributed by atoms with Gasteiger partial charge in [-0.25, -0.2) is 13.1 Å². The topological polar surface area (TPSA) is 86.1 Å². The molecule has 8 heteroatoms. The van der Waals surface area contributed by atoms with Gasteiger partial charge in [0.05, 0.1) is 17.5 Å². The van der Waals surface area contributed by atoms with Gasteiger partial charge in [0.15, 0.2) is 5.82 Å². The van der Waals surface area contributed by atoms with E-state index in [4.69, 9.17) is 4.74 Å². The van der Waals surface area contributed by atoms with Gasteiger partial charge in [-0.15, -0.1) is 10.2 Å². The Balaban J connectivity index is 1.82. The van der Waals surface area contributed by atoms with E-state index >= 15 is 0 Å². The summed E-state index contributed by atoms with van der Waals surface area (Å²) < 4.78 is 35.9. The number of sulfonamides is 1. The second-order valence-corrected chi connectivity index (χ2v) is 8.32. The minimum Gasteiger partial charge on any atom is -0.494 e. The summed E-state index contributed by atoms with van der Waals surface area (Å²) in [4.78, 5) is 0.253. The van der Waals surface area contributed by atoms with E-state index in [1.807, 2.05) is 13.8 Å². The van der Waals surface area contributed by atoms with Crippen LogP contribution in [-0.2, 0) is 23.0 Å². The number of aryl methyl sites for hydroxylation is 2.